The smallest absolute Gasteiger partial charge is 0.212 e. The molecule has 3 nitrogen and oxygen atoms in total. The Balaban J connectivity index is 2.15. The lowest BCUT2D eigenvalue weighted by Crippen LogP contribution is -2.40. The average Bonchev–Trinajstić information content (AvgIpc) is 2.77. The molecule has 0 unspecified atom stereocenters. The molecule has 2 atom stereocenters. The molecule has 0 heterocycles. The quantitative estimate of drug-likeness (QED) is 0.922. The van der Waals surface area contributed by atoms with Gasteiger partial charge in [0.05, 0.1) is 5.25 Å². The van der Waals surface area contributed by atoms with Crippen molar-refractivity contribution < 1.29 is 8.42 Å². The van der Waals surface area contributed by atoms with Crippen LogP contribution in [0.1, 0.15) is 50.2 Å². The Kier molecular flexibility index (Phi) is 4.31. The molecule has 1 saturated carbocycles. The van der Waals surface area contributed by atoms with E-state index in [2.05, 4.69) is 35.9 Å². The van der Waals surface area contributed by atoms with E-state index < -0.39 is 10.0 Å². The number of hydrogen-bond acceptors (Lipinski definition) is 2. The highest BCUT2D eigenvalue weighted by atomic mass is 32.2. The van der Waals surface area contributed by atoms with Crippen LogP contribution in [0, 0.1) is 6.92 Å². The normalized spacial score (nSPS) is 24.0. The molecular weight excluding hydrogens is 258 g/mol. The van der Waals surface area contributed by atoms with Gasteiger partial charge in [0, 0.05) is 12.0 Å². The predicted octanol–water partition coefficient (Wildman–Crippen LogP) is 2.96. The maximum absolute atomic E-state index is 12.0. The zero-order chi connectivity index (χ0) is 14.0. The average molecular weight is 281 g/mol. The number of aryl methyl sites for hydroxylation is 1. The van der Waals surface area contributed by atoms with E-state index >= 15 is 0 Å². The van der Waals surface area contributed by atoms with Crippen molar-refractivity contribution in [3.05, 3.63) is 35.4 Å². The second-order valence-corrected chi connectivity index (χ2v) is 8.03. The van der Waals surface area contributed by atoms with Gasteiger partial charge in [0.25, 0.3) is 0 Å². The van der Waals surface area contributed by atoms with Crippen LogP contribution in [-0.2, 0) is 10.0 Å². The Morgan fingerprint density at radius 3 is 2.37 bits per heavy atom. The third-order valence-corrected chi connectivity index (χ3v) is 5.83. The molecule has 106 valence electrons. The maximum atomic E-state index is 12.0. The van der Waals surface area contributed by atoms with Crippen LogP contribution in [0.15, 0.2) is 24.3 Å². The summed E-state index contributed by atoms with van der Waals surface area (Å²) in [7, 11) is -3.18. The molecule has 19 heavy (non-hydrogen) atoms. The maximum Gasteiger partial charge on any atom is 0.214 e. The molecule has 1 aromatic carbocycles. The summed E-state index contributed by atoms with van der Waals surface area (Å²) < 4.78 is 26.9. The highest BCUT2D eigenvalue weighted by Gasteiger charge is 2.32. The summed E-state index contributed by atoms with van der Waals surface area (Å²) in [6.07, 6.45) is 3.09. The van der Waals surface area contributed by atoms with Gasteiger partial charge in [-0.3, -0.25) is 0 Å². The minimum absolute atomic E-state index is 0.0510. The third kappa shape index (κ3) is 3.37. The fraction of sp³-hybridized carbons (Fsp3) is 0.600. The summed E-state index contributed by atoms with van der Waals surface area (Å²) in [5.41, 5.74) is 2.49. The van der Waals surface area contributed by atoms with Crippen LogP contribution in [0.25, 0.3) is 0 Å². The van der Waals surface area contributed by atoms with Crippen LogP contribution in [0.2, 0.25) is 0 Å². The first-order chi connectivity index (χ1) is 8.90. The van der Waals surface area contributed by atoms with Gasteiger partial charge in [-0.25, -0.2) is 13.1 Å². The van der Waals surface area contributed by atoms with Gasteiger partial charge in [-0.05, 0) is 39.2 Å². The number of benzene rings is 1. The molecule has 0 amide bonds. The Labute approximate surface area is 116 Å². The fourth-order valence-electron chi connectivity index (χ4n) is 2.66. The highest BCUT2D eigenvalue weighted by molar-refractivity contribution is 7.90. The first-order valence-corrected chi connectivity index (χ1v) is 8.52. The van der Waals surface area contributed by atoms with Crippen molar-refractivity contribution in [2.75, 3.05) is 0 Å². The van der Waals surface area contributed by atoms with Crippen molar-refractivity contribution in [2.45, 2.75) is 57.2 Å². The van der Waals surface area contributed by atoms with E-state index in [1.165, 1.54) is 11.1 Å². The van der Waals surface area contributed by atoms with Gasteiger partial charge in [0.2, 0.25) is 10.0 Å². The SMILES string of the molecule is Cc1ccc([C@H]2CCC[C@H]2NS(=O)(=O)C(C)C)cc1. The molecule has 1 aliphatic carbocycles. The first kappa shape index (κ1) is 14.5. The number of sulfonamides is 1. The molecule has 1 aromatic rings. The van der Waals surface area contributed by atoms with Crippen LogP contribution in [0.4, 0.5) is 0 Å². The minimum Gasteiger partial charge on any atom is -0.212 e. The fourth-order valence-corrected chi connectivity index (χ4v) is 3.64. The summed E-state index contributed by atoms with van der Waals surface area (Å²) in [5, 5.41) is -0.369. The summed E-state index contributed by atoms with van der Waals surface area (Å²) in [4.78, 5) is 0. The first-order valence-electron chi connectivity index (χ1n) is 6.98. The molecule has 0 radical (unpaired) electrons. The standard InChI is InChI=1S/C15H23NO2S/c1-11(2)19(17,18)16-15-6-4-5-14(15)13-9-7-12(3)8-10-13/h7-11,14-16H,4-6H2,1-3H3/t14-,15-/m1/s1. The van der Waals surface area contributed by atoms with Crippen molar-refractivity contribution in [3.63, 3.8) is 0 Å². The van der Waals surface area contributed by atoms with E-state index in [1.807, 2.05) is 0 Å². The molecule has 0 saturated heterocycles. The number of rotatable bonds is 4. The van der Waals surface area contributed by atoms with E-state index in [-0.39, 0.29) is 11.3 Å². The summed E-state index contributed by atoms with van der Waals surface area (Å²) >= 11 is 0. The van der Waals surface area contributed by atoms with Crippen LogP contribution in [-0.4, -0.2) is 19.7 Å². The van der Waals surface area contributed by atoms with Crippen molar-refractivity contribution in [2.24, 2.45) is 0 Å². The molecule has 1 aliphatic rings. The van der Waals surface area contributed by atoms with Gasteiger partial charge in [-0.2, -0.15) is 0 Å². The highest BCUT2D eigenvalue weighted by Crippen LogP contribution is 2.35. The van der Waals surface area contributed by atoms with Gasteiger partial charge in [0.15, 0.2) is 0 Å². The molecule has 1 fully saturated rings. The van der Waals surface area contributed by atoms with E-state index in [0.29, 0.717) is 5.92 Å². The van der Waals surface area contributed by atoms with Gasteiger partial charge < -0.3 is 0 Å². The van der Waals surface area contributed by atoms with Gasteiger partial charge in [-0.15, -0.1) is 0 Å². The Morgan fingerprint density at radius 1 is 1.16 bits per heavy atom. The molecule has 0 bridgehead atoms. The molecule has 1 N–H and O–H groups in total. The number of hydrogen-bond donors (Lipinski definition) is 1. The van der Waals surface area contributed by atoms with Crippen LogP contribution in [0.3, 0.4) is 0 Å². The zero-order valence-electron chi connectivity index (χ0n) is 11.9. The molecule has 4 heteroatoms. The monoisotopic (exact) mass is 281 g/mol. The molecule has 2 rings (SSSR count). The van der Waals surface area contributed by atoms with Crippen molar-refractivity contribution in [1.29, 1.82) is 0 Å². The second kappa shape index (κ2) is 5.63. The van der Waals surface area contributed by atoms with E-state index in [1.54, 1.807) is 13.8 Å². The molecule has 0 aromatic heterocycles. The molecule has 0 aliphatic heterocycles. The van der Waals surface area contributed by atoms with Crippen molar-refractivity contribution in [1.82, 2.24) is 4.72 Å². The van der Waals surface area contributed by atoms with Gasteiger partial charge >= 0.3 is 0 Å². The minimum atomic E-state index is -3.18. The molecule has 0 spiro atoms. The van der Waals surface area contributed by atoms with Gasteiger partial charge in [-0.1, -0.05) is 36.2 Å². The van der Waals surface area contributed by atoms with E-state index in [0.717, 1.165) is 19.3 Å². The van der Waals surface area contributed by atoms with Crippen molar-refractivity contribution in [3.8, 4) is 0 Å². The topological polar surface area (TPSA) is 46.2 Å². The van der Waals surface area contributed by atoms with E-state index in [9.17, 15) is 8.42 Å². The summed E-state index contributed by atoms with van der Waals surface area (Å²) in [5.74, 6) is 0.314. The van der Waals surface area contributed by atoms with Crippen LogP contribution < -0.4 is 4.72 Å². The number of nitrogens with one attached hydrogen (secondary N) is 1. The largest absolute Gasteiger partial charge is 0.214 e. The Hall–Kier alpha value is -0.870. The van der Waals surface area contributed by atoms with E-state index in [4.69, 9.17) is 0 Å². The predicted molar refractivity (Wildman–Crippen MR) is 78.8 cm³/mol. The second-order valence-electron chi connectivity index (χ2n) is 5.77. The zero-order valence-corrected chi connectivity index (χ0v) is 12.7. The lowest BCUT2D eigenvalue weighted by atomic mass is 9.94. The molecular formula is C15H23NO2S. The summed E-state index contributed by atoms with van der Waals surface area (Å²) in [6, 6.07) is 8.50. The Bertz CT molecular complexity index is 520. The van der Waals surface area contributed by atoms with Crippen LogP contribution in [0.5, 0.6) is 0 Å². The van der Waals surface area contributed by atoms with Gasteiger partial charge in [0.1, 0.15) is 0 Å². The third-order valence-electron chi connectivity index (χ3n) is 3.96. The van der Waals surface area contributed by atoms with Crippen LogP contribution >= 0.6 is 0 Å². The summed E-state index contributed by atoms with van der Waals surface area (Å²) in [6.45, 7) is 5.51. The Morgan fingerprint density at radius 2 is 1.79 bits per heavy atom. The lowest BCUT2D eigenvalue weighted by Gasteiger charge is -2.22. The lowest BCUT2D eigenvalue weighted by molar-refractivity contribution is 0.519. The van der Waals surface area contributed by atoms with Crippen molar-refractivity contribution >= 4 is 10.0 Å².